The minimum atomic E-state index is -0.168. The van der Waals surface area contributed by atoms with Gasteiger partial charge in [0, 0.05) is 11.8 Å². The molecule has 2 aliphatic carbocycles. The number of pyridine rings is 1. The summed E-state index contributed by atoms with van der Waals surface area (Å²) in [6.07, 6.45) is 6.67. The van der Waals surface area contributed by atoms with E-state index in [9.17, 15) is 4.79 Å². The molecule has 1 N–H and O–H groups in total. The predicted octanol–water partition coefficient (Wildman–Crippen LogP) is 4.52. The normalized spacial score (nSPS) is 16.9. The molecule has 0 radical (unpaired) electrons. The fourth-order valence-electron chi connectivity index (χ4n) is 2.47. The van der Waals surface area contributed by atoms with Gasteiger partial charge in [0.25, 0.3) is 5.91 Å². The average Bonchev–Trinajstić information content (AvgIpc) is 3.44. The number of amides is 1. The van der Waals surface area contributed by atoms with Gasteiger partial charge in [-0.2, -0.15) is 0 Å². The Bertz CT molecular complexity index is 754. The maximum Gasteiger partial charge on any atom is 0.256 e. The second-order valence-corrected chi connectivity index (χ2v) is 7.02. The summed E-state index contributed by atoms with van der Waals surface area (Å²) in [7, 11) is 0. The molecule has 2 saturated carbocycles. The summed E-state index contributed by atoms with van der Waals surface area (Å²) >= 11 is 3.47. The van der Waals surface area contributed by atoms with Gasteiger partial charge < -0.3 is 10.1 Å². The maximum absolute atomic E-state index is 12.5. The minimum absolute atomic E-state index is 0.168. The predicted molar refractivity (Wildman–Crippen MR) is 92.0 cm³/mol. The molecule has 0 saturated heterocycles. The molecule has 1 aromatic carbocycles. The molecule has 118 valence electrons. The van der Waals surface area contributed by atoms with E-state index < -0.39 is 0 Å². The summed E-state index contributed by atoms with van der Waals surface area (Å²) in [5.41, 5.74) is 1.83. The van der Waals surface area contributed by atoms with Crippen molar-refractivity contribution >= 4 is 27.7 Å². The van der Waals surface area contributed by atoms with Crippen LogP contribution in [0.3, 0.4) is 0 Å². The van der Waals surface area contributed by atoms with Gasteiger partial charge in [0.2, 0.25) is 0 Å². The van der Waals surface area contributed by atoms with Crippen LogP contribution < -0.4 is 10.1 Å². The van der Waals surface area contributed by atoms with Crippen molar-refractivity contribution in [3.05, 3.63) is 52.1 Å². The van der Waals surface area contributed by atoms with E-state index in [4.69, 9.17) is 4.74 Å². The number of aromatic nitrogens is 1. The number of halogens is 1. The number of carbonyl (C=O) groups is 1. The molecular weight excluding hydrogens is 356 g/mol. The maximum atomic E-state index is 12.5. The van der Waals surface area contributed by atoms with Crippen LogP contribution in [-0.2, 0) is 0 Å². The van der Waals surface area contributed by atoms with Crippen molar-refractivity contribution in [2.75, 3.05) is 5.32 Å². The van der Waals surface area contributed by atoms with E-state index in [-0.39, 0.29) is 5.91 Å². The Labute approximate surface area is 143 Å². The van der Waals surface area contributed by atoms with Crippen molar-refractivity contribution in [2.24, 2.45) is 0 Å². The van der Waals surface area contributed by atoms with Crippen LogP contribution in [0, 0.1) is 0 Å². The van der Waals surface area contributed by atoms with Gasteiger partial charge in [0.05, 0.1) is 10.6 Å². The Kier molecular flexibility index (Phi) is 3.81. The zero-order valence-corrected chi connectivity index (χ0v) is 14.2. The van der Waals surface area contributed by atoms with E-state index in [1.165, 1.54) is 18.4 Å². The van der Waals surface area contributed by atoms with E-state index in [1.807, 2.05) is 18.2 Å². The molecule has 2 fully saturated rings. The molecule has 5 heteroatoms. The Morgan fingerprint density at radius 2 is 2.00 bits per heavy atom. The van der Waals surface area contributed by atoms with Gasteiger partial charge in [0.15, 0.2) is 0 Å². The third kappa shape index (κ3) is 3.55. The highest BCUT2D eigenvalue weighted by molar-refractivity contribution is 9.10. The number of anilines is 1. The van der Waals surface area contributed by atoms with Gasteiger partial charge >= 0.3 is 0 Å². The van der Waals surface area contributed by atoms with Crippen LogP contribution >= 0.6 is 15.9 Å². The molecule has 2 aliphatic rings. The number of carbonyl (C=O) groups excluding carboxylic acids is 1. The van der Waals surface area contributed by atoms with Gasteiger partial charge in [0.1, 0.15) is 11.6 Å². The number of benzene rings is 1. The minimum Gasteiger partial charge on any atom is -0.489 e. The van der Waals surface area contributed by atoms with E-state index in [1.54, 1.807) is 18.3 Å². The van der Waals surface area contributed by atoms with Gasteiger partial charge in [-0.25, -0.2) is 4.98 Å². The van der Waals surface area contributed by atoms with E-state index in [2.05, 4.69) is 26.2 Å². The van der Waals surface area contributed by atoms with Crippen LogP contribution in [-0.4, -0.2) is 17.0 Å². The van der Waals surface area contributed by atoms with Crippen LogP contribution in [0.15, 0.2) is 41.0 Å². The van der Waals surface area contributed by atoms with Crippen molar-refractivity contribution in [3.63, 3.8) is 0 Å². The standard InChI is InChI=1S/C18H17BrN2O2/c19-15-6-3-13(9-16(15)23-14-4-5-14)18(22)21-17-10-12(7-8-20-17)11-1-2-11/h3,6-11,14H,1-2,4-5H2,(H,20,21,22). The van der Waals surface area contributed by atoms with Crippen LogP contribution in [0.4, 0.5) is 5.82 Å². The number of nitrogens with zero attached hydrogens (tertiary/aromatic N) is 1. The Morgan fingerprint density at radius 3 is 2.74 bits per heavy atom. The molecule has 0 unspecified atom stereocenters. The summed E-state index contributed by atoms with van der Waals surface area (Å²) in [5.74, 6) is 1.80. The fourth-order valence-corrected chi connectivity index (χ4v) is 2.81. The Hall–Kier alpha value is -1.88. The lowest BCUT2D eigenvalue weighted by atomic mass is 10.1. The first-order chi connectivity index (χ1) is 11.2. The van der Waals surface area contributed by atoms with Crippen molar-refractivity contribution in [2.45, 2.75) is 37.7 Å². The molecule has 23 heavy (non-hydrogen) atoms. The van der Waals surface area contributed by atoms with Crippen LogP contribution in [0.25, 0.3) is 0 Å². The number of hydrogen-bond acceptors (Lipinski definition) is 3. The fraction of sp³-hybridized carbons (Fsp3) is 0.333. The van der Waals surface area contributed by atoms with Gasteiger partial charge in [-0.15, -0.1) is 0 Å². The van der Waals surface area contributed by atoms with Crippen molar-refractivity contribution in [1.29, 1.82) is 0 Å². The third-order valence-corrected chi connectivity index (χ3v) is 4.74. The Morgan fingerprint density at radius 1 is 1.17 bits per heavy atom. The van der Waals surface area contributed by atoms with E-state index in [0.29, 0.717) is 23.4 Å². The summed E-state index contributed by atoms with van der Waals surface area (Å²) in [6, 6.07) is 9.40. The SMILES string of the molecule is O=C(Nc1cc(C2CC2)ccn1)c1ccc(Br)c(OC2CC2)c1. The largest absolute Gasteiger partial charge is 0.489 e. The van der Waals surface area contributed by atoms with E-state index in [0.717, 1.165) is 23.1 Å². The average molecular weight is 373 g/mol. The number of nitrogens with one attached hydrogen (secondary N) is 1. The second-order valence-electron chi connectivity index (χ2n) is 6.17. The number of ether oxygens (including phenoxy) is 1. The molecule has 1 heterocycles. The highest BCUT2D eigenvalue weighted by Crippen LogP contribution is 2.40. The van der Waals surface area contributed by atoms with Crippen LogP contribution in [0.5, 0.6) is 5.75 Å². The highest BCUT2D eigenvalue weighted by Gasteiger charge is 2.25. The Balaban J connectivity index is 1.50. The van der Waals surface area contributed by atoms with Gasteiger partial charge in [-0.05, 0) is 83.4 Å². The summed E-state index contributed by atoms with van der Waals surface area (Å²) < 4.78 is 6.68. The lowest BCUT2D eigenvalue weighted by Crippen LogP contribution is -2.13. The van der Waals surface area contributed by atoms with Crippen molar-refractivity contribution in [3.8, 4) is 5.75 Å². The number of hydrogen-bond donors (Lipinski definition) is 1. The van der Waals surface area contributed by atoms with Crippen LogP contribution in [0.1, 0.15) is 47.5 Å². The summed E-state index contributed by atoms with van der Waals surface area (Å²) in [6.45, 7) is 0. The molecule has 4 nitrogen and oxygen atoms in total. The van der Waals surface area contributed by atoms with Crippen LogP contribution in [0.2, 0.25) is 0 Å². The lowest BCUT2D eigenvalue weighted by molar-refractivity contribution is 0.102. The molecule has 1 aromatic heterocycles. The van der Waals surface area contributed by atoms with Crippen molar-refractivity contribution < 1.29 is 9.53 Å². The molecule has 1 amide bonds. The molecule has 0 bridgehead atoms. The van der Waals surface area contributed by atoms with Crippen molar-refractivity contribution in [1.82, 2.24) is 4.98 Å². The lowest BCUT2D eigenvalue weighted by Gasteiger charge is -2.10. The first-order valence-electron chi connectivity index (χ1n) is 7.92. The zero-order chi connectivity index (χ0) is 15.8. The molecule has 0 spiro atoms. The summed E-state index contributed by atoms with van der Waals surface area (Å²) in [5, 5.41) is 2.88. The zero-order valence-electron chi connectivity index (χ0n) is 12.6. The molecule has 0 atom stereocenters. The second kappa shape index (κ2) is 5.96. The first kappa shape index (κ1) is 14.7. The topological polar surface area (TPSA) is 51.2 Å². The molecular formula is C18H17BrN2O2. The highest BCUT2D eigenvalue weighted by atomic mass is 79.9. The van der Waals surface area contributed by atoms with Gasteiger partial charge in [-0.1, -0.05) is 0 Å². The number of rotatable bonds is 5. The quantitative estimate of drug-likeness (QED) is 0.839. The monoisotopic (exact) mass is 372 g/mol. The molecule has 2 aromatic rings. The van der Waals surface area contributed by atoms with E-state index >= 15 is 0 Å². The first-order valence-corrected chi connectivity index (χ1v) is 8.72. The summed E-state index contributed by atoms with van der Waals surface area (Å²) in [4.78, 5) is 16.7. The smallest absolute Gasteiger partial charge is 0.256 e. The molecule has 4 rings (SSSR count). The molecule has 0 aliphatic heterocycles. The third-order valence-electron chi connectivity index (χ3n) is 4.09. The van der Waals surface area contributed by atoms with Gasteiger partial charge in [-0.3, -0.25) is 4.79 Å².